The minimum absolute atomic E-state index is 0.0424. The standard InChI is InChI=1S/C22H21BrN4O3/c1-14-16(10-15-6-4-3-5-7-15)12-24-27(14)22(29)25-18-13-30-20-9-8-17(23)11-19(20)26(2)21(18)28/h3-9,11-12,18H,10,13H2,1-2H3,(H,25,29)/t18-/m1/s1. The number of carbonyl (C=O) groups excluding carboxylic acids is 2. The molecule has 154 valence electrons. The van der Waals surface area contributed by atoms with Crippen LogP contribution in [0.5, 0.6) is 5.75 Å². The highest BCUT2D eigenvalue weighted by Crippen LogP contribution is 2.33. The molecule has 8 heteroatoms. The van der Waals surface area contributed by atoms with Gasteiger partial charge in [0.1, 0.15) is 18.4 Å². The van der Waals surface area contributed by atoms with Gasteiger partial charge in [0.25, 0.3) is 5.91 Å². The molecule has 0 unspecified atom stereocenters. The van der Waals surface area contributed by atoms with Crippen LogP contribution in [0.3, 0.4) is 0 Å². The van der Waals surface area contributed by atoms with Gasteiger partial charge in [-0.05, 0) is 36.2 Å². The van der Waals surface area contributed by atoms with Crippen molar-refractivity contribution in [2.75, 3.05) is 18.6 Å². The van der Waals surface area contributed by atoms with Crippen LogP contribution in [-0.2, 0) is 11.2 Å². The number of aromatic nitrogens is 2. The Hall–Kier alpha value is -3.13. The maximum atomic E-state index is 12.9. The smallest absolute Gasteiger partial charge is 0.343 e. The van der Waals surface area contributed by atoms with Gasteiger partial charge in [-0.3, -0.25) is 4.79 Å². The molecule has 7 nitrogen and oxygen atoms in total. The van der Waals surface area contributed by atoms with Crippen molar-refractivity contribution < 1.29 is 14.3 Å². The quantitative estimate of drug-likeness (QED) is 0.637. The Morgan fingerprint density at radius 2 is 2.03 bits per heavy atom. The Bertz CT molecular complexity index is 1100. The fourth-order valence-corrected chi connectivity index (χ4v) is 3.77. The van der Waals surface area contributed by atoms with Gasteiger partial charge in [0.2, 0.25) is 0 Å². The number of nitrogens with one attached hydrogen (secondary N) is 1. The Kier molecular flexibility index (Phi) is 5.59. The van der Waals surface area contributed by atoms with E-state index >= 15 is 0 Å². The number of likely N-dealkylation sites (N-methyl/N-ethyl adjacent to an activating group) is 1. The topological polar surface area (TPSA) is 76.5 Å². The molecule has 0 spiro atoms. The molecule has 1 aromatic heterocycles. The predicted molar refractivity (Wildman–Crippen MR) is 117 cm³/mol. The van der Waals surface area contributed by atoms with E-state index < -0.39 is 12.1 Å². The number of ether oxygens (including phenoxy) is 1. The Morgan fingerprint density at radius 1 is 1.27 bits per heavy atom. The minimum Gasteiger partial charge on any atom is -0.489 e. The summed E-state index contributed by atoms with van der Waals surface area (Å²) in [6.45, 7) is 1.89. The molecule has 30 heavy (non-hydrogen) atoms. The SMILES string of the molecule is Cc1c(Cc2ccccc2)cnn1C(=O)N[C@@H]1COc2ccc(Br)cc2N(C)C1=O. The summed E-state index contributed by atoms with van der Waals surface area (Å²) in [7, 11) is 1.67. The zero-order chi connectivity index (χ0) is 21.3. The van der Waals surface area contributed by atoms with Crippen molar-refractivity contribution in [2.45, 2.75) is 19.4 Å². The predicted octanol–water partition coefficient (Wildman–Crippen LogP) is 3.53. The summed E-state index contributed by atoms with van der Waals surface area (Å²) in [6, 6.07) is 14.1. The van der Waals surface area contributed by atoms with Gasteiger partial charge in [-0.1, -0.05) is 46.3 Å². The van der Waals surface area contributed by atoms with Crippen molar-refractivity contribution >= 4 is 33.6 Å². The average molecular weight is 469 g/mol. The van der Waals surface area contributed by atoms with Gasteiger partial charge < -0.3 is 15.0 Å². The number of rotatable bonds is 3. The lowest BCUT2D eigenvalue weighted by atomic mass is 10.1. The molecule has 1 atom stereocenters. The minimum atomic E-state index is -0.824. The Morgan fingerprint density at radius 3 is 2.80 bits per heavy atom. The second-order valence-corrected chi connectivity index (χ2v) is 8.07. The van der Waals surface area contributed by atoms with Gasteiger partial charge in [-0.25, -0.2) is 4.79 Å². The molecule has 1 aliphatic rings. The Labute approximate surface area is 182 Å². The van der Waals surface area contributed by atoms with E-state index in [1.165, 1.54) is 9.58 Å². The summed E-state index contributed by atoms with van der Waals surface area (Å²) in [4.78, 5) is 27.2. The van der Waals surface area contributed by atoms with E-state index in [2.05, 4.69) is 26.3 Å². The fourth-order valence-electron chi connectivity index (χ4n) is 3.42. The summed E-state index contributed by atoms with van der Waals surface area (Å²) < 4.78 is 7.91. The van der Waals surface area contributed by atoms with E-state index in [0.717, 1.165) is 21.3 Å². The van der Waals surface area contributed by atoms with Crippen LogP contribution < -0.4 is 15.0 Å². The van der Waals surface area contributed by atoms with E-state index in [0.29, 0.717) is 17.9 Å². The molecule has 0 bridgehead atoms. The van der Waals surface area contributed by atoms with E-state index in [9.17, 15) is 9.59 Å². The molecule has 0 fully saturated rings. The van der Waals surface area contributed by atoms with Crippen LogP contribution in [0, 0.1) is 6.92 Å². The zero-order valence-corrected chi connectivity index (χ0v) is 18.2. The monoisotopic (exact) mass is 468 g/mol. The van der Waals surface area contributed by atoms with Gasteiger partial charge >= 0.3 is 6.03 Å². The molecule has 0 aliphatic carbocycles. The van der Waals surface area contributed by atoms with Crippen LogP contribution in [0.2, 0.25) is 0 Å². The molecule has 0 saturated heterocycles. The molecule has 1 aliphatic heterocycles. The normalized spacial score (nSPS) is 15.9. The van der Waals surface area contributed by atoms with Crippen LogP contribution in [0.15, 0.2) is 59.2 Å². The third-order valence-corrected chi connectivity index (χ3v) is 5.65. The van der Waals surface area contributed by atoms with Crippen molar-refractivity contribution in [3.8, 4) is 5.75 Å². The van der Waals surface area contributed by atoms with Gasteiger partial charge in [0, 0.05) is 23.6 Å². The highest BCUT2D eigenvalue weighted by atomic mass is 79.9. The van der Waals surface area contributed by atoms with Gasteiger partial charge in [-0.15, -0.1) is 0 Å². The van der Waals surface area contributed by atoms with Crippen LogP contribution in [-0.4, -0.2) is 41.4 Å². The second kappa shape index (κ2) is 8.31. The van der Waals surface area contributed by atoms with E-state index in [1.807, 2.05) is 49.4 Å². The van der Waals surface area contributed by atoms with E-state index in [-0.39, 0.29) is 12.5 Å². The zero-order valence-electron chi connectivity index (χ0n) is 16.6. The van der Waals surface area contributed by atoms with Crippen molar-refractivity contribution in [2.24, 2.45) is 0 Å². The van der Waals surface area contributed by atoms with Crippen molar-refractivity contribution in [1.82, 2.24) is 15.1 Å². The van der Waals surface area contributed by atoms with Crippen LogP contribution in [0.1, 0.15) is 16.8 Å². The molecular formula is C22H21BrN4O3. The molecule has 2 amide bonds. The van der Waals surface area contributed by atoms with Gasteiger partial charge in [0.15, 0.2) is 0 Å². The average Bonchev–Trinajstić information content (AvgIpc) is 3.06. The summed E-state index contributed by atoms with van der Waals surface area (Å²) >= 11 is 3.41. The number of hydrogen-bond acceptors (Lipinski definition) is 4. The lowest BCUT2D eigenvalue weighted by Crippen LogP contribution is -2.50. The Balaban J connectivity index is 1.50. The van der Waals surface area contributed by atoms with Gasteiger partial charge in [-0.2, -0.15) is 9.78 Å². The maximum absolute atomic E-state index is 12.9. The number of carbonyl (C=O) groups is 2. The van der Waals surface area contributed by atoms with Gasteiger partial charge in [0.05, 0.1) is 11.9 Å². The first-order chi connectivity index (χ1) is 14.4. The molecule has 2 heterocycles. The van der Waals surface area contributed by atoms with Crippen LogP contribution in [0.25, 0.3) is 0 Å². The largest absolute Gasteiger partial charge is 0.489 e. The highest BCUT2D eigenvalue weighted by Gasteiger charge is 2.31. The van der Waals surface area contributed by atoms with Crippen molar-refractivity contribution in [1.29, 1.82) is 0 Å². The number of hydrogen-bond donors (Lipinski definition) is 1. The van der Waals surface area contributed by atoms with Crippen LogP contribution in [0.4, 0.5) is 10.5 Å². The molecule has 0 radical (unpaired) electrons. The van der Waals surface area contributed by atoms with E-state index in [4.69, 9.17) is 4.74 Å². The summed E-state index contributed by atoms with van der Waals surface area (Å²) in [5.74, 6) is 0.334. The summed E-state index contributed by atoms with van der Waals surface area (Å²) in [5.41, 5.74) is 3.47. The molecule has 3 aromatic rings. The lowest BCUT2D eigenvalue weighted by Gasteiger charge is -2.20. The second-order valence-electron chi connectivity index (χ2n) is 7.15. The third-order valence-electron chi connectivity index (χ3n) is 5.16. The molecule has 2 aromatic carbocycles. The number of nitrogens with zero attached hydrogens (tertiary/aromatic N) is 3. The number of halogens is 1. The van der Waals surface area contributed by atoms with Crippen molar-refractivity contribution in [3.05, 3.63) is 76.0 Å². The summed E-state index contributed by atoms with van der Waals surface area (Å²) in [5, 5.41) is 6.99. The highest BCUT2D eigenvalue weighted by molar-refractivity contribution is 9.10. The first-order valence-electron chi connectivity index (χ1n) is 9.52. The van der Waals surface area contributed by atoms with Crippen LogP contribution >= 0.6 is 15.9 Å². The number of benzene rings is 2. The molecule has 1 N–H and O–H groups in total. The molecular weight excluding hydrogens is 448 g/mol. The first kappa shape index (κ1) is 20.2. The maximum Gasteiger partial charge on any atom is 0.343 e. The first-order valence-corrected chi connectivity index (χ1v) is 10.3. The summed E-state index contributed by atoms with van der Waals surface area (Å²) in [6.07, 6.45) is 2.37. The number of fused-ring (bicyclic) bond motifs is 1. The fraction of sp³-hybridized carbons (Fsp3) is 0.227. The number of amides is 2. The van der Waals surface area contributed by atoms with Crippen molar-refractivity contribution in [3.63, 3.8) is 0 Å². The number of anilines is 1. The lowest BCUT2D eigenvalue weighted by molar-refractivity contribution is -0.120. The third kappa shape index (κ3) is 3.95. The molecule has 4 rings (SSSR count). The molecule has 0 saturated carbocycles. The van der Waals surface area contributed by atoms with E-state index in [1.54, 1.807) is 19.3 Å².